The second kappa shape index (κ2) is 11.9. The number of pyridine rings is 1. The van der Waals surface area contributed by atoms with Crippen molar-refractivity contribution in [1.29, 1.82) is 0 Å². The zero-order valence-electron chi connectivity index (χ0n) is 24.0. The van der Waals surface area contributed by atoms with E-state index in [9.17, 15) is 27.9 Å². The lowest BCUT2D eigenvalue weighted by molar-refractivity contribution is -0.145. The number of hydrogen-bond acceptors (Lipinski definition) is 8. The average Bonchev–Trinajstić information content (AvgIpc) is 3.45. The van der Waals surface area contributed by atoms with Gasteiger partial charge in [0.1, 0.15) is 23.2 Å². The molecule has 0 radical (unpaired) electrons. The monoisotopic (exact) mass is 610 g/mol. The standard InChI is InChI=1S/C31H33F3N6O4/c32-31(33,34)26-23(27(41)38-30(28(42)43)12-3-1-4-13-30)19-36-29(37-26)40-17-9-20-18-22(7-8-24(20)40)44-21-10-15-39(16-11-21)25-6-2-5-14-35-25/h2,5-8,14,18-19,21H,1,3-4,9-13,15-17H2,(H,38,41)(H,42,43). The predicted octanol–water partition coefficient (Wildman–Crippen LogP) is 5.15. The van der Waals surface area contributed by atoms with Crippen LogP contribution in [-0.2, 0) is 17.4 Å². The lowest BCUT2D eigenvalue weighted by atomic mass is 9.81. The minimum absolute atomic E-state index is 0.0377. The highest BCUT2D eigenvalue weighted by molar-refractivity contribution is 5.98. The molecule has 0 atom stereocenters. The fourth-order valence-corrected chi connectivity index (χ4v) is 6.31. The smallest absolute Gasteiger partial charge is 0.434 e. The van der Waals surface area contributed by atoms with Gasteiger partial charge in [-0.2, -0.15) is 13.2 Å². The van der Waals surface area contributed by atoms with Crippen molar-refractivity contribution in [2.24, 2.45) is 0 Å². The number of rotatable bonds is 7. The van der Waals surface area contributed by atoms with E-state index in [0.717, 1.165) is 49.9 Å². The Morgan fingerprint density at radius 3 is 2.48 bits per heavy atom. The average molecular weight is 611 g/mol. The summed E-state index contributed by atoms with van der Waals surface area (Å²) in [4.78, 5) is 41.2. The van der Waals surface area contributed by atoms with Gasteiger partial charge in [0.25, 0.3) is 5.91 Å². The summed E-state index contributed by atoms with van der Waals surface area (Å²) in [6.07, 6.45) is 2.13. The minimum atomic E-state index is -4.96. The molecule has 10 nitrogen and oxygen atoms in total. The largest absolute Gasteiger partial charge is 0.490 e. The summed E-state index contributed by atoms with van der Waals surface area (Å²) in [5.74, 6) is -0.956. The molecule has 3 aliphatic rings. The number of carboxylic acid groups (broad SMARTS) is 1. The van der Waals surface area contributed by atoms with Crippen LogP contribution >= 0.6 is 0 Å². The first kappa shape index (κ1) is 29.6. The molecule has 0 bridgehead atoms. The summed E-state index contributed by atoms with van der Waals surface area (Å²) in [5.41, 5.74) is -2.25. The zero-order chi connectivity index (χ0) is 30.9. The molecular weight excluding hydrogens is 577 g/mol. The number of halogens is 3. The van der Waals surface area contributed by atoms with E-state index < -0.39 is 34.8 Å². The van der Waals surface area contributed by atoms with Gasteiger partial charge in [0.05, 0.1) is 5.56 Å². The van der Waals surface area contributed by atoms with Gasteiger partial charge in [0.15, 0.2) is 5.69 Å². The van der Waals surface area contributed by atoms with Crippen molar-refractivity contribution < 1.29 is 32.6 Å². The lowest BCUT2D eigenvalue weighted by Gasteiger charge is -2.34. The quantitative estimate of drug-likeness (QED) is 0.374. The predicted molar refractivity (Wildman–Crippen MR) is 155 cm³/mol. The van der Waals surface area contributed by atoms with Gasteiger partial charge in [-0.05, 0) is 55.2 Å². The summed E-state index contributed by atoms with van der Waals surface area (Å²) in [7, 11) is 0. The van der Waals surface area contributed by atoms with Crippen LogP contribution in [0.4, 0.5) is 30.6 Å². The first-order chi connectivity index (χ1) is 21.1. The number of aromatic nitrogens is 3. The molecule has 1 aromatic carbocycles. The van der Waals surface area contributed by atoms with E-state index in [4.69, 9.17) is 4.74 Å². The number of carbonyl (C=O) groups excluding carboxylic acids is 1. The maximum atomic E-state index is 14.2. The SMILES string of the molecule is O=C(NC1(C(=O)O)CCCCC1)c1cnc(N2CCc3cc(OC4CCN(c5ccccn5)CC4)ccc32)nc1C(F)(F)F. The van der Waals surface area contributed by atoms with E-state index in [1.165, 1.54) is 0 Å². The summed E-state index contributed by atoms with van der Waals surface area (Å²) in [5, 5.41) is 12.1. The number of aliphatic carboxylic acids is 1. The molecule has 2 N–H and O–H groups in total. The summed E-state index contributed by atoms with van der Waals surface area (Å²) in [6.45, 7) is 2.00. The number of amides is 1. The van der Waals surface area contributed by atoms with Crippen LogP contribution in [0.3, 0.4) is 0 Å². The van der Waals surface area contributed by atoms with Gasteiger partial charge in [-0.25, -0.2) is 19.7 Å². The van der Waals surface area contributed by atoms with E-state index in [2.05, 4.69) is 25.2 Å². The van der Waals surface area contributed by atoms with Crippen LogP contribution in [0.15, 0.2) is 48.8 Å². The third-order valence-electron chi connectivity index (χ3n) is 8.66. The topological polar surface area (TPSA) is 121 Å². The highest BCUT2D eigenvalue weighted by atomic mass is 19.4. The number of anilines is 3. The number of carbonyl (C=O) groups is 2. The van der Waals surface area contributed by atoms with Gasteiger partial charge < -0.3 is 25.0 Å². The molecule has 44 heavy (non-hydrogen) atoms. The molecule has 0 spiro atoms. The fraction of sp³-hybridized carbons (Fsp3) is 0.452. The van der Waals surface area contributed by atoms with E-state index in [0.29, 0.717) is 37.2 Å². The number of benzene rings is 1. The Balaban J connectivity index is 1.16. The number of fused-ring (bicyclic) bond motifs is 1. The molecule has 1 saturated heterocycles. The second-order valence-electron chi connectivity index (χ2n) is 11.5. The van der Waals surface area contributed by atoms with Crippen molar-refractivity contribution in [3.8, 4) is 5.75 Å². The summed E-state index contributed by atoms with van der Waals surface area (Å²) >= 11 is 0. The molecule has 0 unspecified atom stereocenters. The van der Waals surface area contributed by atoms with Crippen LogP contribution in [0.2, 0.25) is 0 Å². The third kappa shape index (κ3) is 6.00. The highest BCUT2D eigenvalue weighted by Crippen LogP contribution is 2.38. The molecular formula is C31H33F3N6O4. The fourth-order valence-electron chi connectivity index (χ4n) is 6.31. The highest BCUT2D eigenvalue weighted by Gasteiger charge is 2.44. The van der Waals surface area contributed by atoms with Crippen LogP contribution < -0.4 is 19.9 Å². The van der Waals surface area contributed by atoms with Gasteiger partial charge in [0.2, 0.25) is 5.95 Å². The van der Waals surface area contributed by atoms with Crippen molar-refractivity contribution >= 4 is 29.3 Å². The molecule has 2 aliphatic heterocycles. The molecule has 3 aromatic rings. The number of nitrogens with one attached hydrogen (secondary N) is 1. The molecule has 1 aliphatic carbocycles. The van der Waals surface area contributed by atoms with E-state index in [1.54, 1.807) is 23.2 Å². The van der Waals surface area contributed by atoms with E-state index in [1.807, 2.05) is 24.3 Å². The number of ether oxygens (including phenoxy) is 1. The Morgan fingerprint density at radius 1 is 1.02 bits per heavy atom. The van der Waals surface area contributed by atoms with Crippen LogP contribution in [0.5, 0.6) is 5.75 Å². The Morgan fingerprint density at radius 2 is 1.80 bits per heavy atom. The first-order valence-electron chi connectivity index (χ1n) is 14.9. The van der Waals surface area contributed by atoms with Crippen molar-refractivity contribution in [1.82, 2.24) is 20.3 Å². The normalized spacial score (nSPS) is 18.5. The van der Waals surface area contributed by atoms with E-state index in [-0.39, 0.29) is 24.9 Å². The molecule has 6 rings (SSSR count). The minimum Gasteiger partial charge on any atom is -0.490 e. The van der Waals surface area contributed by atoms with Crippen LogP contribution in [0, 0.1) is 0 Å². The van der Waals surface area contributed by atoms with Gasteiger partial charge in [-0.3, -0.25) is 4.79 Å². The van der Waals surface area contributed by atoms with Gasteiger partial charge in [-0.15, -0.1) is 0 Å². The number of carboxylic acids is 1. The number of piperidine rings is 1. The molecule has 1 amide bonds. The van der Waals surface area contributed by atoms with Crippen LogP contribution in [0.1, 0.15) is 66.6 Å². The Bertz CT molecular complexity index is 1520. The van der Waals surface area contributed by atoms with Crippen molar-refractivity contribution in [3.05, 3.63) is 65.6 Å². The van der Waals surface area contributed by atoms with Gasteiger partial charge >= 0.3 is 12.1 Å². The van der Waals surface area contributed by atoms with E-state index >= 15 is 0 Å². The number of nitrogens with zero attached hydrogens (tertiary/aromatic N) is 5. The molecule has 232 valence electrons. The summed E-state index contributed by atoms with van der Waals surface area (Å²) < 4.78 is 48.8. The Labute approximate surface area is 252 Å². The maximum absolute atomic E-state index is 14.2. The maximum Gasteiger partial charge on any atom is 0.434 e. The zero-order valence-corrected chi connectivity index (χ0v) is 24.0. The number of hydrogen-bond donors (Lipinski definition) is 2. The van der Waals surface area contributed by atoms with Crippen molar-refractivity contribution in [2.75, 3.05) is 29.4 Å². The van der Waals surface area contributed by atoms with Crippen LogP contribution in [0.25, 0.3) is 0 Å². The Kier molecular flexibility index (Phi) is 8.04. The molecule has 2 fully saturated rings. The summed E-state index contributed by atoms with van der Waals surface area (Å²) in [6, 6.07) is 11.3. The van der Waals surface area contributed by atoms with Crippen molar-refractivity contribution in [2.45, 2.75) is 69.2 Å². The first-order valence-corrected chi connectivity index (χ1v) is 14.9. The van der Waals surface area contributed by atoms with Crippen molar-refractivity contribution in [3.63, 3.8) is 0 Å². The molecule has 4 heterocycles. The van der Waals surface area contributed by atoms with Crippen LogP contribution in [-0.4, -0.2) is 63.2 Å². The lowest BCUT2D eigenvalue weighted by Crippen LogP contribution is -2.55. The number of alkyl halides is 3. The molecule has 13 heteroatoms. The van der Waals surface area contributed by atoms with Gasteiger partial charge in [-0.1, -0.05) is 25.3 Å². The van der Waals surface area contributed by atoms with Gasteiger partial charge in [0, 0.05) is 50.6 Å². The Hall–Kier alpha value is -4.42. The second-order valence-corrected chi connectivity index (χ2v) is 11.5. The molecule has 2 aromatic heterocycles. The molecule has 1 saturated carbocycles. The third-order valence-corrected chi connectivity index (χ3v) is 8.66.